The lowest BCUT2D eigenvalue weighted by molar-refractivity contribution is 0.424. The highest BCUT2D eigenvalue weighted by Crippen LogP contribution is 2.27. The maximum atomic E-state index is 3.13. The Balaban J connectivity index is 2.41. The molecule has 0 saturated carbocycles. The van der Waals surface area contributed by atoms with Crippen LogP contribution in [0.15, 0.2) is 12.1 Å². The first kappa shape index (κ1) is 9.15. The molecule has 0 radical (unpaired) electrons. The van der Waals surface area contributed by atoms with Crippen LogP contribution >= 0.6 is 0 Å². The lowest BCUT2D eigenvalue weighted by atomic mass is 10.0. The predicted octanol–water partition coefficient (Wildman–Crippen LogP) is 2.60. The van der Waals surface area contributed by atoms with Crippen LogP contribution < -0.4 is 0 Å². The van der Waals surface area contributed by atoms with Gasteiger partial charge in [-0.15, -0.1) is 0 Å². The number of benzene rings is 1. The third-order valence-electron chi connectivity index (χ3n) is 2.87. The monoisotopic (exact) mass is 185 g/mol. The van der Waals surface area contributed by atoms with Gasteiger partial charge in [0.2, 0.25) is 0 Å². The second kappa shape index (κ2) is 3.38. The molecule has 0 spiro atoms. The van der Waals surface area contributed by atoms with E-state index in [4.69, 9.17) is 0 Å². The molecule has 1 heteroatoms. The summed E-state index contributed by atoms with van der Waals surface area (Å²) in [6.45, 7) is 8.23. The number of rotatable bonds is 0. The Kier molecular flexibility index (Phi) is 2.21. The van der Waals surface area contributed by atoms with Gasteiger partial charge in [-0.05, 0) is 43.0 Å². The summed E-state index contributed by atoms with van der Waals surface area (Å²) in [6.07, 6.45) is 0. The van der Waals surface area contributed by atoms with Crippen molar-refractivity contribution >= 4 is 0 Å². The van der Waals surface area contributed by atoms with Crippen molar-refractivity contribution in [2.75, 3.05) is 0 Å². The molecule has 0 N–H and O–H groups in total. The van der Waals surface area contributed by atoms with Crippen molar-refractivity contribution < 1.29 is 0 Å². The lowest BCUT2D eigenvalue weighted by Crippen LogP contribution is -2.07. The molecule has 0 aliphatic carbocycles. The van der Waals surface area contributed by atoms with Gasteiger partial charge in [0.15, 0.2) is 0 Å². The molecule has 72 valence electrons. The Hall–Kier alpha value is -1.42. The van der Waals surface area contributed by atoms with Crippen molar-refractivity contribution in [2.45, 2.75) is 33.9 Å². The average molecular weight is 185 g/mol. The summed E-state index contributed by atoms with van der Waals surface area (Å²) in [7, 11) is 0. The van der Waals surface area contributed by atoms with Crippen molar-refractivity contribution in [2.24, 2.45) is 0 Å². The van der Waals surface area contributed by atoms with E-state index >= 15 is 0 Å². The molecular weight excluding hydrogens is 170 g/mol. The molecule has 0 bridgehead atoms. The van der Waals surface area contributed by atoms with Crippen LogP contribution in [0.25, 0.3) is 0 Å². The van der Waals surface area contributed by atoms with Gasteiger partial charge in [0.05, 0.1) is 13.1 Å². The molecule has 1 nitrogen and oxygen atoms in total. The molecule has 0 saturated heterocycles. The van der Waals surface area contributed by atoms with Crippen LogP contribution in [0.2, 0.25) is 0 Å². The second-order valence-corrected chi connectivity index (χ2v) is 3.87. The van der Waals surface area contributed by atoms with Gasteiger partial charge in [0.25, 0.3) is 0 Å². The Morgan fingerprint density at radius 2 is 1.57 bits per heavy atom. The van der Waals surface area contributed by atoms with E-state index in [1.807, 2.05) is 6.92 Å². The molecular formula is C13H15N. The van der Waals surface area contributed by atoms with Crippen molar-refractivity contribution in [3.8, 4) is 12.0 Å². The van der Waals surface area contributed by atoms with E-state index < -0.39 is 0 Å². The third kappa shape index (κ3) is 1.37. The van der Waals surface area contributed by atoms with E-state index in [-0.39, 0.29) is 0 Å². The lowest BCUT2D eigenvalue weighted by Gasteiger charge is -2.06. The van der Waals surface area contributed by atoms with E-state index in [9.17, 15) is 0 Å². The number of hydrogen-bond acceptors (Lipinski definition) is 1. The predicted molar refractivity (Wildman–Crippen MR) is 58.6 cm³/mol. The number of fused-ring (bicyclic) bond motifs is 1. The molecule has 1 aromatic carbocycles. The zero-order valence-corrected chi connectivity index (χ0v) is 9.02. The Bertz CT molecular complexity index is 390. The van der Waals surface area contributed by atoms with Crippen LogP contribution in [0, 0.1) is 25.8 Å². The first-order chi connectivity index (χ1) is 6.72. The average Bonchev–Trinajstić information content (AvgIpc) is 2.57. The van der Waals surface area contributed by atoms with Gasteiger partial charge in [-0.2, -0.15) is 0 Å². The first-order valence-electron chi connectivity index (χ1n) is 4.97. The van der Waals surface area contributed by atoms with Crippen LogP contribution in [0.4, 0.5) is 0 Å². The van der Waals surface area contributed by atoms with Crippen LogP contribution in [0.3, 0.4) is 0 Å². The summed E-state index contributed by atoms with van der Waals surface area (Å²) in [5, 5.41) is 0. The van der Waals surface area contributed by atoms with Crippen molar-refractivity contribution in [1.29, 1.82) is 0 Å². The third-order valence-corrected chi connectivity index (χ3v) is 2.87. The highest BCUT2D eigenvalue weighted by Gasteiger charge is 2.19. The van der Waals surface area contributed by atoms with Crippen LogP contribution in [-0.2, 0) is 13.1 Å². The van der Waals surface area contributed by atoms with Crippen LogP contribution in [0.5, 0.6) is 0 Å². The van der Waals surface area contributed by atoms with Crippen LogP contribution in [0.1, 0.15) is 29.2 Å². The molecule has 14 heavy (non-hydrogen) atoms. The summed E-state index contributed by atoms with van der Waals surface area (Å²) < 4.78 is 0. The van der Waals surface area contributed by atoms with Crippen LogP contribution in [-0.4, -0.2) is 4.90 Å². The van der Waals surface area contributed by atoms with Gasteiger partial charge in [-0.3, -0.25) is 0 Å². The van der Waals surface area contributed by atoms with E-state index in [1.54, 1.807) is 0 Å². The summed E-state index contributed by atoms with van der Waals surface area (Å²) >= 11 is 0. The molecule has 0 fully saturated rings. The van der Waals surface area contributed by atoms with Gasteiger partial charge in [0.1, 0.15) is 0 Å². The molecule has 1 heterocycles. The van der Waals surface area contributed by atoms with E-state index in [2.05, 4.69) is 42.8 Å². The minimum Gasteiger partial charge on any atom is -0.324 e. The fraction of sp³-hybridized carbons (Fsp3) is 0.385. The number of aryl methyl sites for hydroxylation is 2. The molecule has 2 rings (SSSR count). The van der Waals surface area contributed by atoms with Gasteiger partial charge in [0, 0.05) is 6.04 Å². The van der Waals surface area contributed by atoms with Crippen molar-refractivity contribution in [3.63, 3.8) is 0 Å². The van der Waals surface area contributed by atoms with E-state index in [1.165, 1.54) is 22.3 Å². The SMILES string of the molecule is CC#CN1Cc2c(C)ccc(C)c2C1. The Morgan fingerprint density at radius 1 is 1.07 bits per heavy atom. The standard InChI is InChI=1S/C13H15N/c1-4-7-14-8-12-10(2)5-6-11(3)13(12)9-14/h5-6H,8-9H2,1-3H3. The topological polar surface area (TPSA) is 3.24 Å². The smallest absolute Gasteiger partial charge is 0.0521 e. The summed E-state index contributed by atoms with van der Waals surface area (Å²) in [6, 6.07) is 7.54. The number of nitrogens with zero attached hydrogens (tertiary/aromatic N) is 1. The quantitative estimate of drug-likeness (QED) is 0.561. The van der Waals surface area contributed by atoms with Gasteiger partial charge in [-0.25, -0.2) is 0 Å². The minimum atomic E-state index is 0.990. The molecule has 0 atom stereocenters. The largest absolute Gasteiger partial charge is 0.324 e. The molecule has 1 aromatic rings. The second-order valence-electron chi connectivity index (χ2n) is 3.87. The number of hydrogen-bond donors (Lipinski definition) is 0. The molecule has 1 aliphatic rings. The molecule has 0 amide bonds. The van der Waals surface area contributed by atoms with E-state index in [0.29, 0.717) is 0 Å². The fourth-order valence-corrected chi connectivity index (χ4v) is 2.04. The van der Waals surface area contributed by atoms with Crippen molar-refractivity contribution in [3.05, 3.63) is 34.4 Å². The maximum Gasteiger partial charge on any atom is 0.0521 e. The summed E-state index contributed by atoms with van der Waals surface area (Å²) in [4.78, 5) is 2.19. The van der Waals surface area contributed by atoms with Gasteiger partial charge >= 0.3 is 0 Å². The minimum absolute atomic E-state index is 0.990. The zero-order chi connectivity index (χ0) is 10.1. The fourth-order valence-electron chi connectivity index (χ4n) is 2.04. The summed E-state index contributed by atoms with van der Waals surface area (Å²) in [5.41, 5.74) is 5.75. The highest BCUT2D eigenvalue weighted by atomic mass is 15.1. The highest BCUT2D eigenvalue weighted by molar-refractivity contribution is 5.43. The normalized spacial score (nSPS) is 13.5. The Morgan fingerprint density at radius 3 is 2.00 bits per heavy atom. The molecule has 0 aromatic heterocycles. The van der Waals surface area contributed by atoms with Gasteiger partial charge in [-0.1, -0.05) is 18.1 Å². The van der Waals surface area contributed by atoms with Crippen molar-refractivity contribution in [1.82, 2.24) is 4.90 Å². The molecule has 0 unspecified atom stereocenters. The van der Waals surface area contributed by atoms with E-state index in [0.717, 1.165) is 13.1 Å². The first-order valence-corrected chi connectivity index (χ1v) is 4.97. The Labute approximate surface area is 85.7 Å². The molecule has 1 aliphatic heterocycles. The zero-order valence-electron chi connectivity index (χ0n) is 9.02. The summed E-state index contributed by atoms with van der Waals surface area (Å²) in [5.74, 6) is 2.96. The maximum absolute atomic E-state index is 3.13. The van der Waals surface area contributed by atoms with Gasteiger partial charge < -0.3 is 4.90 Å².